The third-order valence-corrected chi connectivity index (χ3v) is 3.03. The van der Waals surface area contributed by atoms with E-state index in [0.717, 1.165) is 28.9 Å². The Labute approximate surface area is 124 Å². The predicted octanol–water partition coefficient (Wildman–Crippen LogP) is 4.09. The van der Waals surface area contributed by atoms with Gasteiger partial charge in [-0.15, -0.1) is 0 Å². The van der Waals surface area contributed by atoms with Gasteiger partial charge in [-0.2, -0.15) is 13.2 Å². The van der Waals surface area contributed by atoms with Crippen LogP contribution in [0.4, 0.5) is 24.5 Å². The zero-order chi connectivity index (χ0) is 15.6. The molecule has 0 aliphatic heterocycles. The Bertz CT molecular complexity index is 779. The maximum absolute atomic E-state index is 12.4. The molecule has 0 amide bonds. The van der Waals surface area contributed by atoms with Crippen LogP contribution in [-0.2, 0) is 6.18 Å². The van der Waals surface area contributed by atoms with E-state index in [9.17, 15) is 13.2 Å². The summed E-state index contributed by atoms with van der Waals surface area (Å²) in [5.74, 6) is 0. The van der Waals surface area contributed by atoms with Gasteiger partial charge in [-0.3, -0.25) is 15.8 Å². The molecule has 0 saturated carbocycles. The molecule has 2 heterocycles. The highest BCUT2D eigenvalue weighted by Crippen LogP contribution is 2.28. The van der Waals surface area contributed by atoms with Gasteiger partial charge in [0.05, 0.1) is 23.1 Å². The minimum Gasteiger partial charge on any atom is -0.299 e. The highest BCUT2D eigenvalue weighted by atomic mass is 19.4. The van der Waals surface area contributed by atoms with Gasteiger partial charge in [-0.25, -0.2) is 4.98 Å². The van der Waals surface area contributed by atoms with Crippen molar-refractivity contribution in [3.8, 4) is 0 Å². The van der Waals surface area contributed by atoms with Crippen LogP contribution in [0.15, 0.2) is 54.9 Å². The number of hydrogen-bond acceptors (Lipinski definition) is 4. The van der Waals surface area contributed by atoms with Crippen LogP contribution >= 0.6 is 0 Å². The van der Waals surface area contributed by atoms with Crippen LogP contribution in [0.2, 0.25) is 0 Å². The monoisotopic (exact) mass is 304 g/mol. The van der Waals surface area contributed by atoms with Crippen LogP contribution < -0.4 is 10.9 Å². The second-order valence-corrected chi connectivity index (χ2v) is 4.56. The minimum absolute atomic E-state index is 0.418. The van der Waals surface area contributed by atoms with Gasteiger partial charge in [-0.1, -0.05) is 18.2 Å². The molecule has 1 aromatic carbocycles. The van der Waals surface area contributed by atoms with Crippen molar-refractivity contribution in [2.45, 2.75) is 6.18 Å². The fourth-order valence-electron chi connectivity index (χ4n) is 1.98. The highest BCUT2D eigenvalue weighted by Gasteiger charge is 2.31. The van der Waals surface area contributed by atoms with Gasteiger partial charge in [0, 0.05) is 11.6 Å². The lowest BCUT2D eigenvalue weighted by Gasteiger charge is -2.12. The van der Waals surface area contributed by atoms with Crippen molar-refractivity contribution in [2.75, 3.05) is 10.9 Å². The lowest BCUT2D eigenvalue weighted by Crippen LogP contribution is -2.11. The van der Waals surface area contributed by atoms with Crippen molar-refractivity contribution in [3.63, 3.8) is 0 Å². The lowest BCUT2D eigenvalue weighted by molar-refractivity contribution is -0.141. The van der Waals surface area contributed by atoms with Gasteiger partial charge < -0.3 is 0 Å². The molecule has 2 aromatic heterocycles. The number of aromatic nitrogens is 2. The Hall–Kier alpha value is -2.83. The van der Waals surface area contributed by atoms with Gasteiger partial charge >= 0.3 is 6.18 Å². The number of anilines is 2. The smallest absolute Gasteiger partial charge is 0.299 e. The van der Waals surface area contributed by atoms with E-state index in [4.69, 9.17) is 0 Å². The Morgan fingerprint density at radius 2 is 1.68 bits per heavy atom. The summed E-state index contributed by atoms with van der Waals surface area (Å²) in [6.45, 7) is 0. The standard InChI is InChI=1S/C15H11F3N4/c16-15(17,18)13-7-6-11(9-20-13)21-22-12-5-1-3-10-4-2-8-19-14(10)12/h1-9,21-22H. The average Bonchev–Trinajstić information content (AvgIpc) is 2.52. The summed E-state index contributed by atoms with van der Waals surface area (Å²) < 4.78 is 37.3. The number of hydrazine groups is 1. The van der Waals surface area contributed by atoms with Gasteiger partial charge in [0.1, 0.15) is 5.69 Å². The number of fused-ring (bicyclic) bond motifs is 1. The molecule has 112 valence electrons. The summed E-state index contributed by atoms with van der Waals surface area (Å²) in [5.41, 5.74) is 6.71. The fraction of sp³-hybridized carbons (Fsp3) is 0.0667. The molecule has 0 fully saturated rings. The van der Waals surface area contributed by atoms with Crippen molar-refractivity contribution in [2.24, 2.45) is 0 Å². The first-order chi connectivity index (χ1) is 10.5. The first kappa shape index (κ1) is 14.1. The summed E-state index contributed by atoms with van der Waals surface area (Å²) in [4.78, 5) is 7.65. The number of para-hydroxylation sites is 1. The molecule has 0 unspecified atom stereocenters. The van der Waals surface area contributed by atoms with E-state index in [1.54, 1.807) is 6.20 Å². The number of nitrogens with zero attached hydrogens (tertiary/aromatic N) is 2. The molecule has 0 aliphatic carbocycles. The first-order valence-electron chi connectivity index (χ1n) is 6.43. The van der Waals surface area contributed by atoms with Crippen LogP contribution in [0.5, 0.6) is 0 Å². The first-order valence-corrected chi connectivity index (χ1v) is 6.43. The zero-order valence-corrected chi connectivity index (χ0v) is 11.2. The number of hydrogen-bond donors (Lipinski definition) is 2. The summed E-state index contributed by atoms with van der Waals surface area (Å²) in [7, 11) is 0. The van der Waals surface area contributed by atoms with Crippen LogP contribution in [0.3, 0.4) is 0 Å². The van der Waals surface area contributed by atoms with E-state index in [0.29, 0.717) is 5.69 Å². The third kappa shape index (κ3) is 2.93. The van der Waals surface area contributed by atoms with Gasteiger partial charge in [0.15, 0.2) is 0 Å². The van der Waals surface area contributed by atoms with E-state index in [-0.39, 0.29) is 0 Å². The normalized spacial score (nSPS) is 11.4. The molecule has 0 saturated heterocycles. The highest BCUT2D eigenvalue weighted by molar-refractivity contribution is 5.90. The summed E-state index contributed by atoms with van der Waals surface area (Å²) in [6, 6.07) is 11.6. The number of halogens is 3. The number of pyridine rings is 2. The summed E-state index contributed by atoms with van der Waals surface area (Å²) in [6.07, 6.45) is -1.65. The maximum atomic E-state index is 12.4. The second kappa shape index (κ2) is 5.51. The van der Waals surface area contributed by atoms with E-state index in [2.05, 4.69) is 20.8 Å². The van der Waals surface area contributed by atoms with Gasteiger partial charge in [0.2, 0.25) is 0 Å². The molecule has 2 N–H and O–H groups in total. The quantitative estimate of drug-likeness (QED) is 0.716. The third-order valence-electron chi connectivity index (χ3n) is 3.03. The van der Waals surface area contributed by atoms with Crippen LogP contribution in [0, 0.1) is 0 Å². The number of alkyl halides is 3. The molecule has 0 atom stereocenters. The van der Waals surface area contributed by atoms with E-state index in [1.807, 2.05) is 30.3 Å². The zero-order valence-electron chi connectivity index (χ0n) is 11.2. The molecule has 0 aliphatic rings. The van der Waals surface area contributed by atoms with Crippen molar-refractivity contribution >= 4 is 22.3 Å². The van der Waals surface area contributed by atoms with Crippen LogP contribution in [0.1, 0.15) is 5.69 Å². The lowest BCUT2D eigenvalue weighted by atomic mass is 10.2. The Morgan fingerprint density at radius 3 is 2.41 bits per heavy atom. The van der Waals surface area contributed by atoms with E-state index >= 15 is 0 Å². The van der Waals surface area contributed by atoms with Crippen molar-refractivity contribution in [1.29, 1.82) is 0 Å². The molecule has 0 spiro atoms. The molecule has 3 rings (SSSR count). The second-order valence-electron chi connectivity index (χ2n) is 4.56. The topological polar surface area (TPSA) is 49.8 Å². The van der Waals surface area contributed by atoms with Crippen molar-refractivity contribution < 1.29 is 13.2 Å². The van der Waals surface area contributed by atoms with E-state index < -0.39 is 11.9 Å². The van der Waals surface area contributed by atoms with Gasteiger partial charge in [0.25, 0.3) is 0 Å². The molecular formula is C15H11F3N4. The number of nitrogens with one attached hydrogen (secondary N) is 2. The fourth-order valence-corrected chi connectivity index (χ4v) is 1.98. The Balaban J connectivity index is 1.77. The maximum Gasteiger partial charge on any atom is 0.433 e. The average molecular weight is 304 g/mol. The van der Waals surface area contributed by atoms with Crippen LogP contribution in [-0.4, -0.2) is 9.97 Å². The summed E-state index contributed by atoms with van der Waals surface area (Å²) in [5, 5.41) is 0.958. The van der Waals surface area contributed by atoms with Crippen LogP contribution in [0.25, 0.3) is 10.9 Å². The molecule has 0 bridgehead atoms. The van der Waals surface area contributed by atoms with Gasteiger partial charge in [-0.05, 0) is 24.3 Å². The largest absolute Gasteiger partial charge is 0.433 e. The molecule has 7 heteroatoms. The molecule has 4 nitrogen and oxygen atoms in total. The molecule has 3 aromatic rings. The van der Waals surface area contributed by atoms with E-state index in [1.165, 1.54) is 6.07 Å². The Morgan fingerprint density at radius 1 is 0.864 bits per heavy atom. The SMILES string of the molecule is FC(F)(F)c1ccc(NNc2cccc3cccnc23)cn1. The van der Waals surface area contributed by atoms with Crippen molar-refractivity contribution in [3.05, 3.63) is 60.6 Å². The van der Waals surface area contributed by atoms with Crippen molar-refractivity contribution in [1.82, 2.24) is 9.97 Å². The number of rotatable bonds is 3. The molecular weight excluding hydrogens is 293 g/mol. The predicted molar refractivity (Wildman–Crippen MR) is 78.2 cm³/mol. The summed E-state index contributed by atoms with van der Waals surface area (Å²) >= 11 is 0. The Kier molecular flexibility index (Phi) is 3.54. The molecule has 0 radical (unpaired) electrons. The minimum atomic E-state index is -4.44. The molecule has 22 heavy (non-hydrogen) atoms. The number of benzene rings is 1.